The molecule has 0 saturated heterocycles. The lowest BCUT2D eigenvalue weighted by molar-refractivity contribution is -0.141. The van der Waals surface area contributed by atoms with Crippen LogP contribution in [0.2, 0.25) is 10.0 Å². The molecule has 0 radical (unpaired) electrons. The fourth-order valence-corrected chi connectivity index (χ4v) is 3.61. The molecule has 1 aliphatic heterocycles. The van der Waals surface area contributed by atoms with E-state index in [1.807, 2.05) is 6.07 Å². The van der Waals surface area contributed by atoms with E-state index in [1.54, 1.807) is 31.2 Å². The van der Waals surface area contributed by atoms with E-state index >= 15 is 0 Å². The molecule has 7 heteroatoms. The fraction of sp³-hybridized carbons (Fsp3) is 0.286. The maximum Gasteiger partial charge on any atom is 0.305 e. The number of nitrogens with one attached hydrogen (secondary N) is 1. The van der Waals surface area contributed by atoms with E-state index in [-0.39, 0.29) is 24.3 Å². The smallest absolute Gasteiger partial charge is 0.305 e. The Balaban J connectivity index is 1.82. The van der Waals surface area contributed by atoms with Gasteiger partial charge < -0.3 is 14.8 Å². The summed E-state index contributed by atoms with van der Waals surface area (Å²) in [4.78, 5) is 11.3. The lowest BCUT2D eigenvalue weighted by atomic mass is 10.0. The molecule has 2 aromatic carbocycles. The van der Waals surface area contributed by atoms with E-state index in [1.165, 1.54) is 13.2 Å². The van der Waals surface area contributed by atoms with Gasteiger partial charge in [-0.15, -0.1) is 0 Å². The monoisotopic (exact) mass is 423 g/mol. The number of anilines is 1. The van der Waals surface area contributed by atoms with E-state index in [9.17, 15) is 9.18 Å². The Hall–Kier alpha value is -2.24. The summed E-state index contributed by atoms with van der Waals surface area (Å²) in [6, 6.07) is 8.16. The van der Waals surface area contributed by atoms with Crippen LogP contribution in [-0.2, 0) is 9.53 Å². The number of benzene rings is 2. The van der Waals surface area contributed by atoms with Crippen molar-refractivity contribution in [3.63, 3.8) is 0 Å². The van der Waals surface area contributed by atoms with Crippen molar-refractivity contribution in [1.82, 2.24) is 0 Å². The van der Waals surface area contributed by atoms with Gasteiger partial charge in [0.25, 0.3) is 0 Å². The van der Waals surface area contributed by atoms with Gasteiger partial charge in [0.1, 0.15) is 17.7 Å². The molecular formula is C21H20Cl2FNO3. The molecule has 1 atom stereocenters. The van der Waals surface area contributed by atoms with Gasteiger partial charge >= 0.3 is 5.97 Å². The SMILES string of the molecule is COC(=O)CCC1CNc2cc(/C=C(\C)c3c(F)cccc3Cl)c(Cl)cc2O1. The highest BCUT2D eigenvalue weighted by Gasteiger charge is 2.22. The second kappa shape index (κ2) is 8.84. The number of hydrogen-bond donors (Lipinski definition) is 1. The summed E-state index contributed by atoms with van der Waals surface area (Å²) in [7, 11) is 1.36. The summed E-state index contributed by atoms with van der Waals surface area (Å²) >= 11 is 12.6. The van der Waals surface area contributed by atoms with Crippen LogP contribution in [0, 0.1) is 5.82 Å². The Morgan fingerprint density at radius 1 is 1.36 bits per heavy atom. The van der Waals surface area contributed by atoms with Gasteiger partial charge in [-0.1, -0.05) is 29.3 Å². The molecule has 0 amide bonds. The molecule has 0 aromatic heterocycles. The molecule has 1 heterocycles. The average molecular weight is 424 g/mol. The Kier molecular flexibility index (Phi) is 6.47. The van der Waals surface area contributed by atoms with Crippen molar-refractivity contribution in [2.45, 2.75) is 25.9 Å². The van der Waals surface area contributed by atoms with Crippen LogP contribution in [0.3, 0.4) is 0 Å². The molecule has 0 bridgehead atoms. The van der Waals surface area contributed by atoms with Gasteiger partial charge in [0.15, 0.2) is 0 Å². The van der Waals surface area contributed by atoms with Crippen molar-refractivity contribution >= 4 is 46.5 Å². The number of ether oxygens (including phenoxy) is 2. The van der Waals surface area contributed by atoms with Gasteiger partial charge in [-0.05, 0) is 48.8 Å². The van der Waals surface area contributed by atoms with Gasteiger partial charge in [-0.2, -0.15) is 0 Å². The third-order valence-electron chi connectivity index (χ3n) is 4.54. The molecular weight excluding hydrogens is 404 g/mol. The first-order valence-corrected chi connectivity index (χ1v) is 9.58. The normalized spacial score (nSPS) is 16.0. The predicted octanol–water partition coefficient (Wildman–Crippen LogP) is 5.82. The third kappa shape index (κ3) is 4.59. The lowest BCUT2D eigenvalue weighted by Crippen LogP contribution is -2.31. The minimum absolute atomic E-state index is 0.150. The zero-order valence-corrected chi connectivity index (χ0v) is 17.0. The number of carbonyl (C=O) groups excluding carboxylic acids is 1. The molecule has 1 aliphatic rings. The molecule has 0 aliphatic carbocycles. The van der Waals surface area contributed by atoms with Crippen LogP contribution in [-0.4, -0.2) is 25.7 Å². The maximum absolute atomic E-state index is 14.2. The molecule has 2 aromatic rings. The number of methoxy groups -OCH3 is 1. The number of rotatable bonds is 5. The van der Waals surface area contributed by atoms with E-state index in [2.05, 4.69) is 10.1 Å². The zero-order valence-electron chi connectivity index (χ0n) is 15.5. The molecule has 1 N–H and O–H groups in total. The van der Waals surface area contributed by atoms with Crippen LogP contribution in [0.15, 0.2) is 30.3 Å². The summed E-state index contributed by atoms with van der Waals surface area (Å²) in [5, 5.41) is 4.11. The molecule has 0 saturated carbocycles. The first-order chi connectivity index (χ1) is 13.4. The largest absolute Gasteiger partial charge is 0.486 e. The summed E-state index contributed by atoms with van der Waals surface area (Å²) < 4.78 is 24.7. The van der Waals surface area contributed by atoms with Gasteiger partial charge in [-0.25, -0.2) is 4.39 Å². The van der Waals surface area contributed by atoms with Crippen molar-refractivity contribution in [1.29, 1.82) is 0 Å². The summed E-state index contributed by atoms with van der Waals surface area (Å²) in [5.74, 6) is -0.0368. The topological polar surface area (TPSA) is 47.6 Å². The van der Waals surface area contributed by atoms with E-state index in [4.69, 9.17) is 27.9 Å². The van der Waals surface area contributed by atoms with Crippen molar-refractivity contribution in [3.8, 4) is 5.75 Å². The van der Waals surface area contributed by atoms with Crippen LogP contribution < -0.4 is 10.1 Å². The zero-order chi connectivity index (χ0) is 20.3. The molecule has 0 spiro atoms. The summed E-state index contributed by atoms with van der Waals surface area (Å²) in [6.07, 6.45) is 2.47. The minimum Gasteiger partial charge on any atom is -0.486 e. The van der Waals surface area contributed by atoms with Crippen LogP contribution in [0.25, 0.3) is 11.6 Å². The van der Waals surface area contributed by atoms with Crippen LogP contribution in [0.5, 0.6) is 5.75 Å². The van der Waals surface area contributed by atoms with Gasteiger partial charge in [-0.3, -0.25) is 4.79 Å². The van der Waals surface area contributed by atoms with Gasteiger partial charge in [0.2, 0.25) is 0 Å². The summed E-state index contributed by atoms with van der Waals surface area (Å²) in [6.45, 7) is 2.35. The van der Waals surface area contributed by atoms with Crippen molar-refractivity contribution in [2.75, 3.05) is 19.0 Å². The maximum atomic E-state index is 14.2. The van der Waals surface area contributed by atoms with E-state index in [0.29, 0.717) is 39.9 Å². The highest BCUT2D eigenvalue weighted by atomic mass is 35.5. The van der Waals surface area contributed by atoms with Crippen LogP contribution >= 0.6 is 23.2 Å². The molecule has 0 fully saturated rings. The number of allylic oxidation sites excluding steroid dienone is 1. The molecule has 3 rings (SSSR count). The fourth-order valence-electron chi connectivity index (χ4n) is 3.08. The molecule has 148 valence electrons. The number of fused-ring (bicyclic) bond motifs is 1. The standard InChI is InChI=1S/C21H20Cl2FNO3/c1-12(21-15(22)4-3-5-17(21)24)8-13-9-18-19(10-16(13)23)28-14(11-25-18)6-7-20(26)27-2/h3-5,8-10,14,25H,6-7,11H2,1-2H3/b12-8+. The van der Waals surface area contributed by atoms with Gasteiger partial charge in [0, 0.05) is 18.1 Å². The highest BCUT2D eigenvalue weighted by molar-refractivity contribution is 6.33. The second-order valence-corrected chi connectivity index (χ2v) is 7.34. The second-order valence-electron chi connectivity index (χ2n) is 6.53. The summed E-state index contributed by atoms with van der Waals surface area (Å²) in [5.41, 5.74) is 2.53. The highest BCUT2D eigenvalue weighted by Crippen LogP contribution is 2.37. The van der Waals surface area contributed by atoms with Crippen molar-refractivity contribution in [3.05, 3.63) is 57.3 Å². The number of esters is 1. The number of carbonyl (C=O) groups is 1. The van der Waals surface area contributed by atoms with Crippen molar-refractivity contribution < 1.29 is 18.7 Å². The average Bonchev–Trinajstić information content (AvgIpc) is 2.66. The number of hydrogen-bond acceptors (Lipinski definition) is 4. The van der Waals surface area contributed by atoms with E-state index < -0.39 is 0 Å². The first-order valence-electron chi connectivity index (χ1n) is 8.82. The Morgan fingerprint density at radius 2 is 2.14 bits per heavy atom. The van der Waals surface area contributed by atoms with Gasteiger partial charge in [0.05, 0.1) is 29.4 Å². The minimum atomic E-state index is -0.384. The molecule has 4 nitrogen and oxygen atoms in total. The molecule has 28 heavy (non-hydrogen) atoms. The van der Waals surface area contributed by atoms with Crippen LogP contribution in [0.1, 0.15) is 30.9 Å². The Morgan fingerprint density at radius 3 is 2.86 bits per heavy atom. The predicted molar refractivity (Wildman–Crippen MR) is 111 cm³/mol. The van der Waals surface area contributed by atoms with Crippen molar-refractivity contribution in [2.24, 2.45) is 0 Å². The number of halogens is 3. The lowest BCUT2D eigenvalue weighted by Gasteiger charge is -2.28. The molecule has 1 unspecified atom stereocenters. The third-order valence-corrected chi connectivity index (χ3v) is 5.18. The Bertz CT molecular complexity index is 910. The first kappa shape index (κ1) is 20.5. The quantitative estimate of drug-likeness (QED) is 0.486. The van der Waals surface area contributed by atoms with Crippen LogP contribution in [0.4, 0.5) is 10.1 Å². The van der Waals surface area contributed by atoms with E-state index in [0.717, 1.165) is 11.3 Å². The Labute approximate surface area is 173 Å².